The van der Waals surface area contributed by atoms with Crippen molar-refractivity contribution in [3.8, 4) is 17.2 Å². The fourth-order valence-electron chi connectivity index (χ4n) is 3.27. The molecule has 0 radical (unpaired) electrons. The molecule has 0 atom stereocenters. The second kappa shape index (κ2) is 10.1. The number of aryl methyl sites for hydroxylation is 1. The maximum Gasteiger partial charge on any atom is 0.276 e. The van der Waals surface area contributed by atoms with Crippen molar-refractivity contribution in [3.63, 3.8) is 0 Å². The predicted molar refractivity (Wildman–Crippen MR) is 127 cm³/mol. The Hall–Kier alpha value is -4.93. The third-order valence-electron chi connectivity index (χ3n) is 5.03. The van der Waals surface area contributed by atoms with Gasteiger partial charge in [-0.3, -0.25) is 19.4 Å². The summed E-state index contributed by atoms with van der Waals surface area (Å²) >= 11 is 0. The first-order valence-corrected chi connectivity index (χ1v) is 10.6. The predicted octanol–water partition coefficient (Wildman–Crippen LogP) is 3.62. The van der Waals surface area contributed by atoms with Gasteiger partial charge in [-0.05, 0) is 42.8 Å². The normalized spacial score (nSPS) is 10.6. The molecule has 36 heavy (non-hydrogen) atoms. The van der Waals surface area contributed by atoms with Gasteiger partial charge in [0.1, 0.15) is 22.9 Å². The van der Waals surface area contributed by atoms with Crippen molar-refractivity contribution in [3.05, 3.63) is 106 Å². The Kier molecular flexibility index (Phi) is 6.81. The first-order chi connectivity index (χ1) is 17.3. The van der Waals surface area contributed by atoms with Gasteiger partial charge < -0.3 is 15.4 Å². The molecule has 0 unspecified atom stereocenters. The number of benzene rings is 2. The number of aromatic nitrogens is 3. The minimum atomic E-state index is -0.785. The van der Waals surface area contributed by atoms with E-state index in [1.165, 1.54) is 68.7 Å². The molecule has 0 spiro atoms. The molecule has 4 rings (SSSR count). The van der Waals surface area contributed by atoms with Crippen LogP contribution in [0.5, 0.6) is 11.5 Å². The van der Waals surface area contributed by atoms with E-state index in [-0.39, 0.29) is 39.8 Å². The van der Waals surface area contributed by atoms with Gasteiger partial charge in [0.15, 0.2) is 17.3 Å². The number of rotatable bonds is 6. The number of halogens is 2. The molecule has 2 amide bonds. The monoisotopic (exact) mass is 491 g/mol. The van der Waals surface area contributed by atoms with Crippen molar-refractivity contribution < 1.29 is 23.1 Å². The summed E-state index contributed by atoms with van der Waals surface area (Å²) in [7, 11) is 1.45. The quantitative estimate of drug-likeness (QED) is 0.426. The number of hydrogen-bond donors (Lipinski definition) is 2. The van der Waals surface area contributed by atoms with E-state index < -0.39 is 29.0 Å². The van der Waals surface area contributed by atoms with Crippen LogP contribution in [-0.4, -0.2) is 33.6 Å². The zero-order chi connectivity index (χ0) is 25.8. The molecule has 11 heteroatoms. The van der Waals surface area contributed by atoms with Crippen molar-refractivity contribution in [1.82, 2.24) is 20.1 Å². The van der Waals surface area contributed by atoms with Gasteiger partial charge in [0.05, 0.1) is 0 Å². The lowest BCUT2D eigenvalue weighted by atomic mass is 10.2. The Morgan fingerprint density at radius 1 is 0.972 bits per heavy atom. The molecule has 2 aromatic carbocycles. The van der Waals surface area contributed by atoms with E-state index in [0.717, 1.165) is 16.8 Å². The molecule has 9 nitrogen and oxygen atoms in total. The topological polar surface area (TPSA) is 115 Å². The summed E-state index contributed by atoms with van der Waals surface area (Å²) in [6.45, 7) is 1.51. The molecule has 4 aromatic rings. The Morgan fingerprint density at radius 3 is 2.47 bits per heavy atom. The number of carbonyl (C=O) groups is 2. The average Bonchev–Trinajstić information content (AvgIpc) is 2.86. The molecule has 2 aromatic heterocycles. The lowest BCUT2D eigenvalue weighted by molar-refractivity contribution is 0.0956. The average molecular weight is 491 g/mol. The Bertz CT molecular complexity index is 1540. The first-order valence-electron chi connectivity index (χ1n) is 10.6. The number of hydrogen-bond acceptors (Lipinski definition) is 6. The lowest BCUT2D eigenvalue weighted by Crippen LogP contribution is -2.27. The SMILES string of the molecule is CNC(=O)c1cc(Oc2ccc(NC(=O)c3nn(-c4ccccc4F)c(=O)cc3C)cc2F)ccn1. The van der Waals surface area contributed by atoms with Gasteiger partial charge in [0, 0.05) is 37.1 Å². The van der Waals surface area contributed by atoms with Crippen molar-refractivity contribution in [1.29, 1.82) is 0 Å². The van der Waals surface area contributed by atoms with Crippen LogP contribution in [0, 0.1) is 18.6 Å². The summed E-state index contributed by atoms with van der Waals surface area (Å²) in [4.78, 5) is 40.8. The zero-order valence-corrected chi connectivity index (χ0v) is 19.1. The molecular formula is C25H19F2N5O4. The molecule has 2 heterocycles. The van der Waals surface area contributed by atoms with E-state index in [9.17, 15) is 23.2 Å². The summed E-state index contributed by atoms with van der Waals surface area (Å²) < 4.78 is 35.2. The van der Waals surface area contributed by atoms with Gasteiger partial charge in [-0.15, -0.1) is 0 Å². The molecule has 2 N–H and O–H groups in total. The highest BCUT2D eigenvalue weighted by Crippen LogP contribution is 2.27. The van der Waals surface area contributed by atoms with Crippen molar-refractivity contribution in [2.75, 3.05) is 12.4 Å². The van der Waals surface area contributed by atoms with E-state index in [1.54, 1.807) is 0 Å². The van der Waals surface area contributed by atoms with Crippen LogP contribution < -0.4 is 20.9 Å². The van der Waals surface area contributed by atoms with Crippen molar-refractivity contribution >= 4 is 17.5 Å². The van der Waals surface area contributed by atoms with Gasteiger partial charge in [0.2, 0.25) is 0 Å². The van der Waals surface area contributed by atoms with Crippen LogP contribution in [0.15, 0.2) is 71.7 Å². The van der Waals surface area contributed by atoms with Crippen molar-refractivity contribution in [2.24, 2.45) is 0 Å². The number of anilines is 1. The molecule has 0 aliphatic rings. The lowest BCUT2D eigenvalue weighted by Gasteiger charge is -2.12. The minimum absolute atomic E-state index is 0.0930. The smallest absolute Gasteiger partial charge is 0.276 e. The van der Waals surface area contributed by atoms with Crippen LogP contribution in [0.25, 0.3) is 5.69 Å². The summed E-state index contributed by atoms with van der Waals surface area (Å²) in [5, 5.41) is 8.96. The second-order valence-electron chi connectivity index (χ2n) is 7.53. The van der Waals surface area contributed by atoms with Crippen LogP contribution in [-0.2, 0) is 0 Å². The van der Waals surface area contributed by atoms with E-state index in [4.69, 9.17) is 4.74 Å². The summed E-state index contributed by atoms with van der Waals surface area (Å²) in [5.41, 5.74) is -0.418. The molecule has 0 fully saturated rings. The third-order valence-corrected chi connectivity index (χ3v) is 5.03. The van der Waals surface area contributed by atoms with E-state index in [0.29, 0.717) is 0 Å². The number of carbonyl (C=O) groups excluding carboxylic acids is 2. The molecular weight excluding hydrogens is 472 g/mol. The maximum atomic E-state index is 14.7. The summed E-state index contributed by atoms with van der Waals surface area (Å²) in [6, 6.07) is 13.2. The number of para-hydroxylation sites is 1. The Morgan fingerprint density at radius 2 is 1.75 bits per heavy atom. The van der Waals surface area contributed by atoms with Gasteiger partial charge in [-0.1, -0.05) is 12.1 Å². The molecule has 0 saturated carbocycles. The van der Waals surface area contributed by atoms with E-state index in [2.05, 4.69) is 20.7 Å². The minimum Gasteiger partial charge on any atom is -0.454 e. The summed E-state index contributed by atoms with van der Waals surface area (Å²) in [6.07, 6.45) is 1.35. The van der Waals surface area contributed by atoms with Gasteiger partial charge in [-0.2, -0.15) is 9.78 Å². The third kappa shape index (κ3) is 5.09. The van der Waals surface area contributed by atoms with Crippen LogP contribution in [0.3, 0.4) is 0 Å². The number of ether oxygens (including phenoxy) is 1. The van der Waals surface area contributed by atoms with Gasteiger partial charge in [-0.25, -0.2) is 8.78 Å². The number of amides is 2. The maximum absolute atomic E-state index is 14.7. The Balaban J connectivity index is 1.56. The molecule has 0 bridgehead atoms. The van der Waals surface area contributed by atoms with Gasteiger partial charge >= 0.3 is 0 Å². The van der Waals surface area contributed by atoms with E-state index in [1.807, 2.05) is 0 Å². The van der Waals surface area contributed by atoms with Crippen molar-refractivity contribution in [2.45, 2.75) is 6.92 Å². The molecule has 182 valence electrons. The van der Waals surface area contributed by atoms with E-state index >= 15 is 0 Å². The Labute approximate surface area is 203 Å². The highest BCUT2D eigenvalue weighted by molar-refractivity contribution is 6.03. The molecule has 0 aliphatic heterocycles. The second-order valence-corrected chi connectivity index (χ2v) is 7.53. The fraction of sp³-hybridized carbons (Fsp3) is 0.0800. The highest BCUT2D eigenvalue weighted by Gasteiger charge is 2.17. The summed E-state index contributed by atoms with van der Waals surface area (Å²) in [5.74, 6) is -2.58. The first kappa shape index (κ1) is 24.2. The molecule has 0 saturated heterocycles. The standard InChI is InChI=1S/C25H19F2N5O4/c1-14-11-22(33)32(20-6-4-3-5-17(20)26)31-23(14)25(35)30-15-7-8-21(18(27)12-15)36-16-9-10-29-19(13-16)24(34)28-2/h3-13H,1-2H3,(H,28,34)(H,30,35). The highest BCUT2D eigenvalue weighted by atomic mass is 19.1. The van der Waals surface area contributed by atoms with Crippen LogP contribution in [0.1, 0.15) is 26.5 Å². The number of pyridine rings is 1. The van der Waals surface area contributed by atoms with Crippen LogP contribution in [0.4, 0.5) is 14.5 Å². The van der Waals surface area contributed by atoms with Crippen LogP contribution >= 0.6 is 0 Å². The number of nitrogens with zero attached hydrogens (tertiary/aromatic N) is 3. The zero-order valence-electron chi connectivity index (χ0n) is 19.1. The van der Waals surface area contributed by atoms with Gasteiger partial charge in [0.25, 0.3) is 17.4 Å². The number of nitrogens with one attached hydrogen (secondary N) is 2. The molecule has 0 aliphatic carbocycles. The largest absolute Gasteiger partial charge is 0.454 e. The fourth-order valence-corrected chi connectivity index (χ4v) is 3.27. The van der Waals surface area contributed by atoms with Crippen LogP contribution in [0.2, 0.25) is 0 Å².